The molecular formula is C13H23IO2. The highest BCUT2D eigenvalue weighted by molar-refractivity contribution is 14.1. The van der Waals surface area contributed by atoms with E-state index in [-0.39, 0.29) is 5.97 Å². The van der Waals surface area contributed by atoms with Crippen LogP contribution in [0.15, 0.2) is 9.66 Å². The fourth-order valence-electron chi connectivity index (χ4n) is 1.63. The van der Waals surface area contributed by atoms with Crippen molar-refractivity contribution >= 4 is 28.6 Å². The van der Waals surface area contributed by atoms with Crippen LogP contribution in [0.4, 0.5) is 0 Å². The molecule has 0 aliphatic rings. The van der Waals surface area contributed by atoms with E-state index in [1.54, 1.807) is 0 Å². The van der Waals surface area contributed by atoms with Gasteiger partial charge >= 0.3 is 5.97 Å². The first-order valence-electron chi connectivity index (χ1n) is 5.88. The first-order chi connectivity index (χ1) is 7.50. The molecule has 0 aromatic carbocycles. The molecule has 0 saturated carbocycles. The van der Waals surface area contributed by atoms with Gasteiger partial charge in [-0.2, -0.15) is 0 Å². The Morgan fingerprint density at radius 3 is 2.38 bits per heavy atom. The van der Waals surface area contributed by atoms with Crippen LogP contribution in [-0.2, 0) is 9.53 Å². The Kier molecular flexibility index (Phi) is 8.06. The maximum Gasteiger partial charge on any atom is 0.315 e. The molecule has 0 bridgehead atoms. The van der Waals surface area contributed by atoms with Crippen LogP contribution in [0.25, 0.3) is 0 Å². The van der Waals surface area contributed by atoms with Crippen molar-refractivity contribution in [3.63, 3.8) is 0 Å². The van der Waals surface area contributed by atoms with Gasteiger partial charge in [-0.25, -0.2) is 0 Å². The Balaban J connectivity index is 4.33. The third-order valence-electron chi connectivity index (χ3n) is 2.93. The minimum Gasteiger partial charge on any atom is -0.468 e. The number of methoxy groups -OCH3 is 1. The van der Waals surface area contributed by atoms with Crippen LogP contribution in [0.2, 0.25) is 0 Å². The van der Waals surface area contributed by atoms with Crippen LogP contribution in [0.5, 0.6) is 0 Å². The highest BCUT2D eigenvalue weighted by atomic mass is 127. The Morgan fingerprint density at radius 1 is 1.31 bits per heavy atom. The number of hydrogen-bond acceptors (Lipinski definition) is 2. The number of unbranched alkanes of at least 4 members (excludes halogenated alkanes) is 3. The smallest absolute Gasteiger partial charge is 0.315 e. The van der Waals surface area contributed by atoms with E-state index in [1.165, 1.54) is 31.9 Å². The zero-order valence-electron chi connectivity index (χ0n) is 10.8. The summed E-state index contributed by atoms with van der Waals surface area (Å²) in [6, 6.07) is 0. The lowest BCUT2D eigenvalue weighted by molar-refractivity contribution is -0.148. The predicted molar refractivity (Wildman–Crippen MR) is 76.7 cm³/mol. The minimum atomic E-state index is -0.484. The first-order valence-corrected chi connectivity index (χ1v) is 7.13. The molecule has 16 heavy (non-hydrogen) atoms. The van der Waals surface area contributed by atoms with Gasteiger partial charge in [0.1, 0.15) is 0 Å². The highest BCUT2D eigenvalue weighted by Crippen LogP contribution is 2.32. The number of halogens is 1. The van der Waals surface area contributed by atoms with E-state index in [2.05, 4.69) is 29.5 Å². The first kappa shape index (κ1) is 15.9. The van der Waals surface area contributed by atoms with Gasteiger partial charge in [0.15, 0.2) is 0 Å². The molecule has 0 aliphatic heterocycles. The molecule has 2 nitrogen and oxygen atoms in total. The second-order valence-electron chi connectivity index (χ2n) is 4.56. The predicted octanol–water partition coefficient (Wildman–Crippen LogP) is 4.47. The minimum absolute atomic E-state index is 0.147. The highest BCUT2D eigenvalue weighted by Gasteiger charge is 2.32. The van der Waals surface area contributed by atoms with Crippen LogP contribution >= 0.6 is 22.6 Å². The molecule has 0 fully saturated rings. The number of rotatable bonds is 7. The molecular weight excluding hydrogens is 315 g/mol. The molecule has 0 amide bonds. The fraction of sp³-hybridized carbons (Fsp3) is 0.769. The van der Waals surface area contributed by atoms with Crippen LogP contribution in [0, 0.1) is 5.41 Å². The van der Waals surface area contributed by atoms with Gasteiger partial charge in [0.2, 0.25) is 0 Å². The van der Waals surface area contributed by atoms with Gasteiger partial charge in [0, 0.05) is 0 Å². The van der Waals surface area contributed by atoms with E-state index in [9.17, 15) is 4.79 Å². The zero-order chi connectivity index (χ0) is 12.6. The van der Waals surface area contributed by atoms with Crippen LogP contribution in [0.1, 0.15) is 52.9 Å². The summed E-state index contributed by atoms with van der Waals surface area (Å²) in [6.45, 7) is 6.07. The Bertz CT molecular complexity index is 244. The topological polar surface area (TPSA) is 26.3 Å². The van der Waals surface area contributed by atoms with Crippen LogP contribution in [-0.4, -0.2) is 13.1 Å². The Labute approximate surface area is 113 Å². The van der Waals surface area contributed by atoms with Gasteiger partial charge in [0.05, 0.1) is 12.5 Å². The molecule has 0 heterocycles. The lowest BCUT2D eigenvalue weighted by Crippen LogP contribution is -2.27. The lowest BCUT2D eigenvalue weighted by Gasteiger charge is -2.24. The monoisotopic (exact) mass is 338 g/mol. The second kappa shape index (κ2) is 8.09. The molecule has 94 valence electrons. The summed E-state index contributed by atoms with van der Waals surface area (Å²) in [5.41, 5.74) is 0.693. The van der Waals surface area contributed by atoms with Gasteiger partial charge in [-0.1, -0.05) is 48.8 Å². The lowest BCUT2D eigenvalue weighted by atomic mass is 9.82. The van der Waals surface area contributed by atoms with Gasteiger partial charge in [-0.05, 0) is 36.3 Å². The molecule has 0 rings (SSSR count). The standard InChI is InChI=1S/C13H23IO2/c1-5-6-7-8-9-11(10-14)13(2,3)12(15)16-4/h10H,5-9H2,1-4H3/b11-10-. The van der Waals surface area contributed by atoms with E-state index in [4.69, 9.17) is 4.74 Å². The molecule has 0 saturated heterocycles. The third-order valence-corrected chi connectivity index (χ3v) is 3.68. The average Bonchev–Trinajstić information content (AvgIpc) is 2.27. The average molecular weight is 338 g/mol. The Morgan fingerprint density at radius 2 is 1.94 bits per heavy atom. The van der Waals surface area contributed by atoms with Gasteiger partial charge in [-0.3, -0.25) is 4.79 Å². The summed E-state index contributed by atoms with van der Waals surface area (Å²) in [5, 5.41) is 0. The molecule has 0 unspecified atom stereocenters. The summed E-state index contributed by atoms with van der Waals surface area (Å²) in [7, 11) is 1.45. The number of hydrogen-bond donors (Lipinski definition) is 0. The van der Waals surface area contributed by atoms with E-state index >= 15 is 0 Å². The summed E-state index contributed by atoms with van der Waals surface area (Å²) in [4.78, 5) is 11.7. The second-order valence-corrected chi connectivity index (χ2v) is 5.18. The maximum absolute atomic E-state index is 11.7. The van der Waals surface area contributed by atoms with Crippen molar-refractivity contribution in [2.75, 3.05) is 7.11 Å². The van der Waals surface area contributed by atoms with Crippen molar-refractivity contribution in [3.8, 4) is 0 Å². The molecule has 0 aliphatic carbocycles. The van der Waals surface area contributed by atoms with Crippen molar-refractivity contribution in [1.29, 1.82) is 0 Å². The van der Waals surface area contributed by atoms with Crippen LogP contribution < -0.4 is 0 Å². The van der Waals surface area contributed by atoms with Crippen molar-refractivity contribution in [1.82, 2.24) is 0 Å². The summed E-state index contributed by atoms with van der Waals surface area (Å²) >= 11 is 2.22. The summed E-state index contributed by atoms with van der Waals surface area (Å²) in [5.74, 6) is -0.147. The van der Waals surface area contributed by atoms with Crippen molar-refractivity contribution in [2.24, 2.45) is 5.41 Å². The van der Waals surface area contributed by atoms with Gasteiger partial charge < -0.3 is 4.74 Å². The fourth-order valence-corrected chi connectivity index (χ4v) is 2.72. The molecule has 0 aromatic rings. The number of ether oxygens (including phenoxy) is 1. The van der Waals surface area contributed by atoms with E-state index < -0.39 is 5.41 Å². The number of carbonyl (C=O) groups is 1. The summed E-state index contributed by atoms with van der Waals surface area (Å²) in [6.07, 6.45) is 5.90. The van der Waals surface area contributed by atoms with E-state index in [0.29, 0.717) is 0 Å². The molecule has 3 heteroatoms. The molecule has 0 spiro atoms. The SMILES string of the molecule is CCCCCC/C(=C/I)C(C)(C)C(=O)OC. The number of carbonyl (C=O) groups excluding carboxylic acids is 1. The zero-order valence-corrected chi connectivity index (χ0v) is 13.0. The summed E-state index contributed by atoms with van der Waals surface area (Å²) < 4.78 is 6.87. The number of esters is 1. The van der Waals surface area contributed by atoms with Crippen molar-refractivity contribution in [3.05, 3.63) is 9.66 Å². The van der Waals surface area contributed by atoms with Crippen LogP contribution in [0.3, 0.4) is 0 Å². The van der Waals surface area contributed by atoms with Crippen molar-refractivity contribution in [2.45, 2.75) is 52.9 Å². The Hall–Kier alpha value is -0.0600. The molecule has 0 aromatic heterocycles. The normalized spacial score (nSPS) is 12.7. The molecule has 0 radical (unpaired) electrons. The van der Waals surface area contributed by atoms with E-state index in [1.807, 2.05) is 17.9 Å². The van der Waals surface area contributed by atoms with E-state index in [0.717, 1.165) is 12.8 Å². The van der Waals surface area contributed by atoms with Gasteiger partial charge in [0.25, 0.3) is 0 Å². The van der Waals surface area contributed by atoms with Crippen molar-refractivity contribution < 1.29 is 9.53 Å². The third kappa shape index (κ3) is 4.85. The quantitative estimate of drug-likeness (QED) is 0.389. The largest absolute Gasteiger partial charge is 0.468 e. The molecule has 0 atom stereocenters. The maximum atomic E-state index is 11.7. The molecule has 0 N–H and O–H groups in total. The van der Waals surface area contributed by atoms with Gasteiger partial charge in [-0.15, -0.1) is 0 Å².